The van der Waals surface area contributed by atoms with E-state index in [2.05, 4.69) is 55.3 Å². The lowest BCUT2D eigenvalue weighted by Crippen LogP contribution is -2.35. The van der Waals surface area contributed by atoms with Crippen LogP contribution in [0.4, 0.5) is 0 Å². The molecule has 1 aromatic rings. The number of ether oxygens (including phenoxy) is 1. The Morgan fingerprint density at radius 3 is 2.62 bits per heavy atom. The van der Waals surface area contributed by atoms with E-state index in [4.69, 9.17) is 4.74 Å². The first kappa shape index (κ1) is 14.9. The van der Waals surface area contributed by atoms with Crippen LogP contribution >= 0.6 is 0 Å². The predicted octanol–water partition coefficient (Wildman–Crippen LogP) is 3.36. The van der Waals surface area contributed by atoms with Crippen molar-refractivity contribution in [2.24, 2.45) is 0 Å². The minimum atomic E-state index is 0.218. The summed E-state index contributed by atoms with van der Waals surface area (Å²) >= 11 is 0. The predicted molar refractivity (Wildman–Crippen MR) is 86.8 cm³/mol. The fourth-order valence-corrected chi connectivity index (χ4v) is 3.34. The number of likely N-dealkylation sites (tertiary alicyclic amines) is 1. The highest BCUT2D eigenvalue weighted by Crippen LogP contribution is 2.31. The summed E-state index contributed by atoms with van der Waals surface area (Å²) in [5.74, 6) is 1.02. The molecule has 21 heavy (non-hydrogen) atoms. The van der Waals surface area contributed by atoms with Gasteiger partial charge in [0.1, 0.15) is 5.75 Å². The van der Waals surface area contributed by atoms with Crippen LogP contribution in [-0.4, -0.2) is 36.2 Å². The summed E-state index contributed by atoms with van der Waals surface area (Å²) in [7, 11) is 0. The van der Waals surface area contributed by atoms with Crippen LogP contribution in [0, 0.1) is 0 Å². The van der Waals surface area contributed by atoms with Crippen LogP contribution in [0.15, 0.2) is 24.3 Å². The highest BCUT2D eigenvalue weighted by atomic mass is 16.5. The molecule has 1 saturated carbocycles. The molecule has 0 radical (unpaired) electrons. The Balaban J connectivity index is 1.61. The van der Waals surface area contributed by atoms with Gasteiger partial charge in [-0.05, 0) is 46.1 Å². The highest BCUT2D eigenvalue weighted by Gasteiger charge is 2.34. The van der Waals surface area contributed by atoms with Crippen molar-refractivity contribution in [3.05, 3.63) is 29.8 Å². The smallest absolute Gasteiger partial charge is 0.124 e. The van der Waals surface area contributed by atoms with Gasteiger partial charge in [-0.2, -0.15) is 0 Å². The monoisotopic (exact) mass is 288 g/mol. The minimum Gasteiger partial charge on any atom is -0.491 e. The third-order valence-electron chi connectivity index (χ3n) is 4.52. The molecular formula is C18H28N2O. The molecule has 1 aromatic carbocycles. The maximum atomic E-state index is 5.95. The minimum absolute atomic E-state index is 0.218. The number of rotatable bonds is 6. The van der Waals surface area contributed by atoms with Gasteiger partial charge < -0.3 is 10.1 Å². The zero-order valence-electron chi connectivity index (χ0n) is 13.5. The molecule has 2 fully saturated rings. The molecule has 1 aliphatic heterocycles. The first-order valence-corrected chi connectivity index (χ1v) is 8.39. The number of nitrogens with one attached hydrogen (secondary N) is 1. The molecule has 2 unspecified atom stereocenters. The normalized spacial score (nSPS) is 24.5. The van der Waals surface area contributed by atoms with E-state index < -0.39 is 0 Å². The largest absolute Gasteiger partial charge is 0.491 e. The molecule has 0 amide bonds. The van der Waals surface area contributed by atoms with Gasteiger partial charge in [0.25, 0.3) is 0 Å². The second-order valence-electron chi connectivity index (χ2n) is 6.80. The molecule has 3 rings (SSSR count). The SMILES string of the molecule is CC(C)Oc1ccccc1C(C)NC1CCN(C2CC2)C1. The third kappa shape index (κ3) is 3.78. The lowest BCUT2D eigenvalue weighted by Gasteiger charge is -2.23. The molecular weight excluding hydrogens is 260 g/mol. The number of benzene rings is 1. The Morgan fingerprint density at radius 2 is 1.90 bits per heavy atom. The highest BCUT2D eigenvalue weighted by molar-refractivity contribution is 5.35. The van der Waals surface area contributed by atoms with E-state index in [1.165, 1.54) is 37.9 Å². The zero-order chi connectivity index (χ0) is 14.8. The molecule has 1 N–H and O–H groups in total. The molecule has 2 aliphatic rings. The van der Waals surface area contributed by atoms with E-state index in [9.17, 15) is 0 Å². The average Bonchev–Trinajstić information content (AvgIpc) is 3.19. The van der Waals surface area contributed by atoms with E-state index >= 15 is 0 Å². The summed E-state index contributed by atoms with van der Waals surface area (Å²) in [6, 6.07) is 10.3. The fraction of sp³-hybridized carbons (Fsp3) is 0.667. The quantitative estimate of drug-likeness (QED) is 0.868. The number of hydrogen-bond donors (Lipinski definition) is 1. The van der Waals surface area contributed by atoms with Gasteiger partial charge in [-0.25, -0.2) is 0 Å². The molecule has 1 saturated heterocycles. The summed E-state index contributed by atoms with van der Waals surface area (Å²) < 4.78 is 5.95. The Labute approximate surface area is 128 Å². The summed E-state index contributed by atoms with van der Waals surface area (Å²) in [6.45, 7) is 8.89. The summed E-state index contributed by atoms with van der Waals surface area (Å²) in [6.07, 6.45) is 4.31. The van der Waals surface area contributed by atoms with E-state index in [0.29, 0.717) is 12.1 Å². The van der Waals surface area contributed by atoms with Gasteiger partial charge in [0.2, 0.25) is 0 Å². The first-order valence-electron chi connectivity index (χ1n) is 8.39. The number of nitrogens with zero attached hydrogens (tertiary/aromatic N) is 1. The van der Waals surface area contributed by atoms with E-state index in [1.54, 1.807) is 0 Å². The molecule has 0 bridgehead atoms. The van der Waals surface area contributed by atoms with Crippen LogP contribution in [0.25, 0.3) is 0 Å². The van der Waals surface area contributed by atoms with Crippen molar-refractivity contribution in [2.45, 2.75) is 64.3 Å². The number of hydrogen-bond acceptors (Lipinski definition) is 3. The van der Waals surface area contributed by atoms with Crippen LogP contribution in [0.2, 0.25) is 0 Å². The van der Waals surface area contributed by atoms with Crippen molar-refractivity contribution in [3.63, 3.8) is 0 Å². The van der Waals surface area contributed by atoms with Crippen LogP contribution in [0.5, 0.6) is 5.75 Å². The van der Waals surface area contributed by atoms with Crippen LogP contribution < -0.4 is 10.1 Å². The van der Waals surface area contributed by atoms with Crippen molar-refractivity contribution < 1.29 is 4.74 Å². The van der Waals surface area contributed by atoms with E-state index in [1.807, 2.05) is 0 Å². The van der Waals surface area contributed by atoms with Crippen molar-refractivity contribution in [1.82, 2.24) is 10.2 Å². The average molecular weight is 288 g/mol. The van der Waals surface area contributed by atoms with Crippen molar-refractivity contribution in [3.8, 4) is 5.75 Å². The number of para-hydroxylation sites is 1. The molecule has 1 heterocycles. The topological polar surface area (TPSA) is 24.5 Å². The zero-order valence-corrected chi connectivity index (χ0v) is 13.5. The lowest BCUT2D eigenvalue weighted by atomic mass is 10.1. The van der Waals surface area contributed by atoms with Gasteiger partial charge in [-0.15, -0.1) is 0 Å². The van der Waals surface area contributed by atoms with Gasteiger partial charge in [0.15, 0.2) is 0 Å². The van der Waals surface area contributed by atoms with Gasteiger partial charge in [0.05, 0.1) is 6.10 Å². The van der Waals surface area contributed by atoms with Gasteiger partial charge >= 0.3 is 0 Å². The van der Waals surface area contributed by atoms with E-state index in [0.717, 1.165) is 11.8 Å². The second-order valence-corrected chi connectivity index (χ2v) is 6.80. The van der Waals surface area contributed by atoms with Crippen molar-refractivity contribution >= 4 is 0 Å². The molecule has 3 nitrogen and oxygen atoms in total. The maximum Gasteiger partial charge on any atom is 0.124 e. The van der Waals surface area contributed by atoms with Gasteiger partial charge in [0, 0.05) is 36.8 Å². The fourth-order valence-electron chi connectivity index (χ4n) is 3.34. The Morgan fingerprint density at radius 1 is 1.14 bits per heavy atom. The van der Waals surface area contributed by atoms with Crippen LogP contribution in [0.3, 0.4) is 0 Å². The third-order valence-corrected chi connectivity index (χ3v) is 4.52. The standard InChI is InChI=1S/C18H28N2O/c1-13(2)21-18-7-5-4-6-17(18)14(3)19-15-10-11-20(12-15)16-8-9-16/h4-7,13-16,19H,8-12H2,1-3H3. The molecule has 0 aromatic heterocycles. The Hall–Kier alpha value is -1.06. The molecule has 2 atom stereocenters. The first-order chi connectivity index (χ1) is 10.1. The van der Waals surface area contributed by atoms with Gasteiger partial charge in [-0.1, -0.05) is 18.2 Å². The Kier molecular flexibility index (Phi) is 4.51. The molecule has 1 aliphatic carbocycles. The summed E-state index contributed by atoms with van der Waals surface area (Å²) in [4.78, 5) is 2.65. The van der Waals surface area contributed by atoms with Crippen LogP contribution in [-0.2, 0) is 0 Å². The van der Waals surface area contributed by atoms with Gasteiger partial charge in [-0.3, -0.25) is 4.90 Å². The molecule has 0 spiro atoms. The summed E-state index contributed by atoms with van der Waals surface area (Å²) in [5, 5.41) is 3.80. The van der Waals surface area contributed by atoms with E-state index in [-0.39, 0.29) is 6.10 Å². The van der Waals surface area contributed by atoms with Crippen LogP contribution in [0.1, 0.15) is 51.6 Å². The maximum absolute atomic E-state index is 5.95. The van der Waals surface area contributed by atoms with Crippen molar-refractivity contribution in [1.29, 1.82) is 0 Å². The molecule has 3 heteroatoms. The Bertz CT molecular complexity index is 470. The van der Waals surface area contributed by atoms with Crippen molar-refractivity contribution in [2.75, 3.05) is 13.1 Å². The molecule has 116 valence electrons. The lowest BCUT2D eigenvalue weighted by molar-refractivity contribution is 0.237. The second kappa shape index (κ2) is 6.37. The summed E-state index contributed by atoms with van der Waals surface area (Å²) in [5.41, 5.74) is 1.27.